The average Bonchev–Trinajstić information content (AvgIpc) is 2.51. The van der Waals surface area contributed by atoms with E-state index in [4.69, 9.17) is 4.74 Å². The van der Waals surface area contributed by atoms with Crippen LogP contribution in [-0.4, -0.2) is 21.4 Å². The standard InChI is InChI=1S/C17H19FN2O4S/c1-10-8-17(11(2)7-16(10)24-4)25(22,23)20-15-9-13(18)5-6-14(15)19-12(3)21/h5-9,20H,1-4H3,(H,19,21). The highest BCUT2D eigenvalue weighted by Crippen LogP contribution is 2.29. The zero-order valence-electron chi connectivity index (χ0n) is 14.3. The zero-order valence-corrected chi connectivity index (χ0v) is 15.1. The van der Waals surface area contributed by atoms with Crippen LogP contribution in [0.25, 0.3) is 0 Å². The monoisotopic (exact) mass is 366 g/mol. The van der Waals surface area contributed by atoms with E-state index < -0.39 is 21.7 Å². The Kier molecular flexibility index (Phi) is 5.32. The molecular weight excluding hydrogens is 347 g/mol. The second-order valence-electron chi connectivity index (χ2n) is 5.56. The molecule has 0 atom stereocenters. The minimum Gasteiger partial charge on any atom is -0.496 e. The van der Waals surface area contributed by atoms with Crippen molar-refractivity contribution in [2.24, 2.45) is 0 Å². The highest BCUT2D eigenvalue weighted by molar-refractivity contribution is 7.92. The second kappa shape index (κ2) is 7.10. The van der Waals surface area contributed by atoms with Gasteiger partial charge in [0, 0.05) is 13.0 Å². The normalized spacial score (nSPS) is 11.1. The van der Waals surface area contributed by atoms with E-state index in [-0.39, 0.29) is 16.3 Å². The lowest BCUT2D eigenvalue weighted by Crippen LogP contribution is -2.17. The maximum Gasteiger partial charge on any atom is 0.262 e. The molecule has 6 nitrogen and oxygen atoms in total. The van der Waals surface area contributed by atoms with Crippen molar-refractivity contribution >= 4 is 27.3 Å². The summed E-state index contributed by atoms with van der Waals surface area (Å²) in [6.07, 6.45) is 0. The predicted octanol–water partition coefficient (Wildman–Crippen LogP) is 3.21. The van der Waals surface area contributed by atoms with Gasteiger partial charge >= 0.3 is 0 Å². The third-order valence-corrected chi connectivity index (χ3v) is 5.03. The molecule has 2 rings (SSSR count). The molecule has 0 saturated carbocycles. The number of carbonyl (C=O) groups is 1. The molecule has 25 heavy (non-hydrogen) atoms. The number of nitrogens with one attached hydrogen (secondary N) is 2. The van der Waals surface area contributed by atoms with E-state index in [9.17, 15) is 17.6 Å². The number of sulfonamides is 1. The van der Waals surface area contributed by atoms with Crippen LogP contribution < -0.4 is 14.8 Å². The van der Waals surface area contributed by atoms with Crippen molar-refractivity contribution in [3.63, 3.8) is 0 Å². The molecule has 134 valence electrons. The average molecular weight is 366 g/mol. The van der Waals surface area contributed by atoms with Gasteiger partial charge in [-0.05, 0) is 49.2 Å². The van der Waals surface area contributed by atoms with Crippen molar-refractivity contribution in [1.82, 2.24) is 0 Å². The summed E-state index contributed by atoms with van der Waals surface area (Å²) in [5, 5.41) is 2.47. The number of ether oxygens (including phenoxy) is 1. The summed E-state index contributed by atoms with van der Waals surface area (Å²) < 4.78 is 46.5. The van der Waals surface area contributed by atoms with Crippen molar-refractivity contribution < 1.29 is 22.3 Å². The highest BCUT2D eigenvalue weighted by Gasteiger charge is 2.21. The third-order valence-electron chi connectivity index (χ3n) is 3.52. The number of anilines is 2. The van der Waals surface area contributed by atoms with Crippen LogP contribution in [-0.2, 0) is 14.8 Å². The van der Waals surface area contributed by atoms with Crippen LogP contribution in [0.2, 0.25) is 0 Å². The summed E-state index contributed by atoms with van der Waals surface area (Å²) in [4.78, 5) is 11.3. The molecule has 0 fully saturated rings. The maximum atomic E-state index is 13.5. The van der Waals surface area contributed by atoms with Crippen molar-refractivity contribution in [2.45, 2.75) is 25.7 Å². The fourth-order valence-corrected chi connectivity index (χ4v) is 3.76. The minimum atomic E-state index is -3.99. The van der Waals surface area contributed by atoms with Crippen LogP contribution >= 0.6 is 0 Å². The van der Waals surface area contributed by atoms with Crippen molar-refractivity contribution in [2.75, 3.05) is 17.1 Å². The number of aryl methyl sites for hydroxylation is 2. The first-order chi connectivity index (χ1) is 11.6. The van der Waals surface area contributed by atoms with Crippen LogP contribution in [0, 0.1) is 19.7 Å². The highest BCUT2D eigenvalue weighted by atomic mass is 32.2. The molecule has 0 radical (unpaired) electrons. The van der Waals surface area contributed by atoms with Crippen LogP contribution in [0.5, 0.6) is 5.75 Å². The summed E-state index contributed by atoms with van der Waals surface area (Å²) in [5.74, 6) is -0.459. The summed E-state index contributed by atoms with van der Waals surface area (Å²) in [5.41, 5.74) is 1.24. The number of hydrogen-bond acceptors (Lipinski definition) is 4. The molecule has 0 unspecified atom stereocenters. The Morgan fingerprint density at radius 2 is 1.76 bits per heavy atom. The molecule has 0 aliphatic heterocycles. The largest absolute Gasteiger partial charge is 0.496 e. The van der Waals surface area contributed by atoms with Crippen LogP contribution in [0.1, 0.15) is 18.1 Å². The van der Waals surface area contributed by atoms with E-state index in [0.717, 1.165) is 12.1 Å². The Balaban J connectivity index is 2.48. The number of methoxy groups -OCH3 is 1. The number of benzene rings is 2. The molecule has 0 aliphatic rings. The number of halogens is 1. The molecule has 1 amide bonds. The minimum absolute atomic E-state index is 0.0452. The number of rotatable bonds is 5. The van der Waals surface area contributed by atoms with Gasteiger partial charge in [0.1, 0.15) is 11.6 Å². The van der Waals surface area contributed by atoms with E-state index >= 15 is 0 Å². The lowest BCUT2D eigenvalue weighted by Gasteiger charge is -2.16. The van der Waals surface area contributed by atoms with Crippen molar-refractivity contribution in [3.05, 3.63) is 47.3 Å². The predicted molar refractivity (Wildman–Crippen MR) is 94.0 cm³/mol. The lowest BCUT2D eigenvalue weighted by atomic mass is 10.1. The van der Waals surface area contributed by atoms with Crippen LogP contribution in [0.15, 0.2) is 35.2 Å². The molecule has 0 heterocycles. The van der Waals surface area contributed by atoms with E-state index in [2.05, 4.69) is 10.0 Å². The van der Waals surface area contributed by atoms with E-state index in [1.165, 1.54) is 26.2 Å². The van der Waals surface area contributed by atoms with Gasteiger partial charge in [0.25, 0.3) is 10.0 Å². The third kappa shape index (κ3) is 4.27. The number of carbonyl (C=O) groups excluding carboxylic acids is 1. The summed E-state index contributed by atoms with van der Waals surface area (Å²) in [6.45, 7) is 4.64. The van der Waals surface area contributed by atoms with Crippen molar-refractivity contribution in [1.29, 1.82) is 0 Å². The SMILES string of the molecule is COc1cc(C)c(S(=O)(=O)Nc2cc(F)ccc2NC(C)=O)cc1C. The summed E-state index contributed by atoms with van der Waals surface area (Å²) in [7, 11) is -2.49. The topological polar surface area (TPSA) is 84.5 Å². The Bertz CT molecular complexity index is 926. The first kappa shape index (κ1) is 18.7. The first-order valence-electron chi connectivity index (χ1n) is 7.39. The molecule has 8 heteroatoms. The molecule has 0 aromatic heterocycles. The molecular formula is C17H19FN2O4S. The van der Waals surface area contributed by atoms with E-state index in [0.29, 0.717) is 16.9 Å². The summed E-state index contributed by atoms with van der Waals surface area (Å²) >= 11 is 0. The smallest absolute Gasteiger partial charge is 0.262 e. The number of amides is 1. The molecule has 0 bridgehead atoms. The Hall–Kier alpha value is -2.61. The van der Waals surface area contributed by atoms with Crippen molar-refractivity contribution in [3.8, 4) is 5.75 Å². The zero-order chi connectivity index (χ0) is 18.8. The quantitative estimate of drug-likeness (QED) is 0.851. The lowest BCUT2D eigenvalue weighted by molar-refractivity contribution is -0.114. The maximum absolute atomic E-state index is 13.5. The molecule has 2 aromatic carbocycles. The molecule has 0 saturated heterocycles. The van der Waals surface area contributed by atoms with E-state index in [1.54, 1.807) is 19.9 Å². The molecule has 0 aliphatic carbocycles. The van der Waals surface area contributed by atoms with Gasteiger partial charge in [-0.25, -0.2) is 12.8 Å². The van der Waals surface area contributed by atoms with Gasteiger partial charge in [0.15, 0.2) is 0 Å². The van der Waals surface area contributed by atoms with Gasteiger partial charge in [0.2, 0.25) is 5.91 Å². The molecule has 2 aromatic rings. The Morgan fingerprint density at radius 1 is 1.08 bits per heavy atom. The van der Waals surface area contributed by atoms with Gasteiger partial charge in [-0.1, -0.05) is 0 Å². The molecule has 0 spiro atoms. The fraction of sp³-hybridized carbons (Fsp3) is 0.235. The van der Waals surface area contributed by atoms with E-state index in [1.807, 2.05) is 0 Å². The summed E-state index contributed by atoms with van der Waals surface area (Å²) in [6, 6.07) is 6.53. The Morgan fingerprint density at radius 3 is 2.36 bits per heavy atom. The second-order valence-corrected chi connectivity index (χ2v) is 7.21. The van der Waals surface area contributed by atoms with Gasteiger partial charge in [0.05, 0.1) is 23.4 Å². The first-order valence-corrected chi connectivity index (χ1v) is 8.87. The Labute approximate surface area is 146 Å². The van der Waals surface area contributed by atoms with Crippen LogP contribution in [0.4, 0.5) is 15.8 Å². The fourth-order valence-electron chi connectivity index (χ4n) is 2.37. The molecule has 2 N–H and O–H groups in total. The van der Waals surface area contributed by atoms with Gasteiger partial charge in [-0.2, -0.15) is 0 Å². The number of hydrogen-bond donors (Lipinski definition) is 2. The van der Waals surface area contributed by atoms with Gasteiger partial charge < -0.3 is 10.1 Å². The van der Waals surface area contributed by atoms with Crippen LogP contribution in [0.3, 0.4) is 0 Å². The van der Waals surface area contributed by atoms with Gasteiger partial charge in [-0.15, -0.1) is 0 Å². The van der Waals surface area contributed by atoms with Gasteiger partial charge in [-0.3, -0.25) is 9.52 Å².